The number of pyridine rings is 1. The van der Waals surface area contributed by atoms with Gasteiger partial charge in [0.1, 0.15) is 23.3 Å². The van der Waals surface area contributed by atoms with Crippen LogP contribution in [0.5, 0.6) is 5.75 Å². The van der Waals surface area contributed by atoms with Crippen molar-refractivity contribution >= 4 is 17.6 Å². The van der Waals surface area contributed by atoms with E-state index in [1.165, 1.54) is 5.56 Å². The molecule has 2 atom stereocenters. The van der Waals surface area contributed by atoms with Crippen molar-refractivity contribution in [2.45, 2.75) is 25.1 Å². The summed E-state index contributed by atoms with van der Waals surface area (Å²) in [6.07, 6.45) is 1.80. The van der Waals surface area contributed by atoms with E-state index in [0.29, 0.717) is 11.8 Å². The number of hydrogen-bond donors (Lipinski definition) is 1. The molecule has 1 aliphatic heterocycles. The number of anilines is 1. The van der Waals surface area contributed by atoms with Crippen molar-refractivity contribution in [3.05, 3.63) is 59.3 Å². The molecule has 29 heavy (non-hydrogen) atoms. The number of thioether (sulfide) groups is 1. The molecular formula is C22H23N5OS. The molecule has 148 valence electrons. The Labute approximate surface area is 174 Å². The Morgan fingerprint density at radius 2 is 2.21 bits per heavy atom. The first kappa shape index (κ1) is 19.3. The maximum Gasteiger partial charge on any atom is 0.174 e. The van der Waals surface area contributed by atoms with E-state index in [1.807, 2.05) is 59.9 Å². The molecule has 2 unspecified atom stereocenters. The molecule has 1 aliphatic rings. The van der Waals surface area contributed by atoms with Gasteiger partial charge in [0.05, 0.1) is 10.9 Å². The number of nitriles is 1. The van der Waals surface area contributed by atoms with E-state index in [0.717, 1.165) is 34.1 Å². The summed E-state index contributed by atoms with van der Waals surface area (Å²) in [7, 11) is 1.98. The van der Waals surface area contributed by atoms with Crippen LogP contribution in [0.2, 0.25) is 0 Å². The van der Waals surface area contributed by atoms with E-state index in [1.54, 1.807) is 6.20 Å². The summed E-state index contributed by atoms with van der Waals surface area (Å²) in [5.74, 6) is 2.74. The molecule has 0 fully saturated rings. The average Bonchev–Trinajstić information content (AvgIpc) is 2.93. The Kier molecular flexibility index (Phi) is 5.45. The van der Waals surface area contributed by atoms with E-state index in [9.17, 15) is 0 Å². The van der Waals surface area contributed by atoms with Crippen LogP contribution in [-0.2, 0) is 7.05 Å². The second kappa shape index (κ2) is 8.18. The van der Waals surface area contributed by atoms with Gasteiger partial charge in [-0.3, -0.25) is 9.67 Å². The van der Waals surface area contributed by atoms with Crippen LogP contribution in [0, 0.1) is 18.3 Å². The van der Waals surface area contributed by atoms with Crippen LogP contribution in [0.4, 0.5) is 5.82 Å². The van der Waals surface area contributed by atoms with Crippen LogP contribution >= 0.6 is 11.8 Å². The molecule has 1 aromatic carbocycles. The molecule has 3 heterocycles. The Balaban J connectivity index is 1.84. The Hall–Kier alpha value is -2.98. The zero-order valence-corrected chi connectivity index (χ0v) is 17.5. The minimum Gasteiger partial charge on any atom is -0.479 e. The summed E-state index contributed by atoms with van der Waals surface area (Å²) in [6.45, 7) is 4.33. The number of benzene rings is 1. The number of nitrogens with one attached hydrogen (secondary N) is 1. The average molecular weight is 406 g/mol. The van der Waals surface area contributed by atoms with Gasteiger partial charge in [-0.25, -0.2) is 0 Å². The smallest absolute Gasteiger partial charge is 0.174 e. The number of rotatable bonds is 4. The van der Waals surface area contributed by atoms with Crippen LogP contribution in [0.3, 0.4) is 0 Å². The summed E-state index contributed by atoms with van der Waals surface area (Å²) < 4.78 is 7.41. The molecular weight excluding hydrogens is 382 g/mol. The maximum atomic E-state index is 8.76. The van der Waals surface area contributed by atoms with E-state index in [-0.39, 0.29) is 11.9 Å². The van der Waals surface area contributed by atoms with Gasteiger partial charge in [0, 0.05) is 30.6 Å². The van der Waals surface area contributed by atoms with Crippen LogP contribution in [-0.4, -0.2) is 33.2 Å². The zero-order valence-electron chi connectivity index (χ0n) is 16.7. The molecule has 0 amide bonds. The fourth-order valence-corrected chi connectivity index (χ4v) is 5.04. The van der Waals surface area contributed by atoms with Crippen molar-refractivity contribution in [2.24, 2.45) is 7.05 Å². The van der Waals surface area contributed by atoms with Crippen LogP contribution in [0.15, 0.2) is 42.6 Å². The number of hydrogen-bond acceptors (Lipinski definition) is 6. The van der Waals surface area contributed by atoms with Gasteiger partial charge < -0.3 is 10.1 Å². The molecule has 0 spiro atoms. The fraction of sp³-hybridized carbons (Fsp3) is 0.318. The molecule has 3 aromatic rings. The highest BCUT2D eigenvalue weighted by Gasteiger charge is 2.32. The lowest BCUT2D eigenvalue weighted by Gasteiger charge is -2.19. The summed E-state index contributed by atoms with van der Waals surface area (Å²) in [5, 5.41) is 17.3. The molecule has 0 saturated carbocycles. The molecule has 4 rings (SSSR count). The number of ether oxygens (including phenoxy) is 1. The largest absolute Gasteiger partial charge is 0.479 e. The molecule has 1 N–H and O–H groups in total. The maximum absolute atomic E-state index is 8.76. The Bertz CT molecular complexity index is 1060. The highest BCUT2D eigenvalue weighted by molar-refractivity contribution is 7.99. The quantitative estimate of drug-likeness (QED) is 0.696. The second-order valence-electron chi connectivity index (χ2n) is 7.17. The highest BCUT2D eigenvalue weighted by atomic mass is 32.2. The Morgan fingerprint density at radius 3 is 2.93 bits per heavy atom. The van der Waals surface area contributed by atoms with E-state index in [4.69, 9.17) is 15.1 Å². The number of fused-ring (bicyclic) bond motifs is 1. The normalized spacial score (nSPS) is 18.3. The van der Waals surface area contributed by atoms with Gasteiger partial charge in [-0.1, -0.05) is 12.1 Å². The molecule has 0 radical (unpaired) electrons. The van der Waals surface area contributed by atoms with Crippen molar-refractivity contribution in [3.8, 4) is 23.2 Å². The van der Waals surface area contributed by atoms with Crippen molar-refractivity contribution < 1.29 is 4.74 Å². The lowest BCUT2D eigenvalue weighted by Crippen LogP contribution is -2.18. The van der Waals surface area contributed by atoms with E-state index < -0.39 is 0 Å². The van der Waals surface area contributed by atoms with Gasteiger partial charge in [0.2, 0.25) is 0 Å². The van der Waals surface area contributed by atoms with Gasteiger partial charge in [0.15, 0.2) is 6.61 Å². The lowest BCUT2D eigenvalue weighted by atomic mass is 9.98. The van der Waals surface area contributed by atoms with Gasteiger partial charge in [0.25, 0.3) is 0 Å². The third-order valence-electron chi connectivity index (χ3n) is 4.98. The number of nitrogens with zero attached hydrogens (tertiary/aromatic N) is 4. The van der Waals surface area contributed by atoms with Crippen LogP contribution in [0.25, 0.3) is 11.4 Å². The molecule has 0 aliphatic carbocycles. The molecule has 0 bridgehead atoms. The van der Waals surface area contributed by atoms with Gasteiger partial charge in [-0.15, -0.1) is 11.8 Å². The minimum atomic E-state index is 0.0506. The molecule has 2 aromatic heterocycles. The predicted molar refractivity (Wildman–Crippen MR) is 116 cm³/mol. The standard InChI is InChI=1S/C22H23N5OS/c1-14-12-16(28-11-9-23)7-8-17(14)21-19-20(18-6-4-5-10-24-18)26-27(3)22(19)25-15(2)13-29-21/h4-8,10,12,15,21,25H,11,13H2,1-3H3. The summed E-state index contributed by atoms with van der Waals surface area (Å²) >= 11 is 1.91. The van der Waals surface area contributed by atoms with Gasteiger partial charge in [-0.05, 0) is 49.2 Å². The SMILES string of the molecule is Cc1cc(OCC#N)ccc1C1SCC(C)Nc2c1c(-c1ccccn1)nn2C. The molecule has 0 saturated heterocycles. The van der Waals surface area contributed by atoms with Crippen LogP contribution < -0.4 is 10.1 Å². The van der Waals surface area contributed by atoms with Crippen molar-refractivity contribution in [3.63, 3.8) is 0 Å². The van der Waals surface area contributed by atoms with Crippen molar-refractivity contribution in [1.29, 1.82) is 5.26 Å². The highest BCUT2D eigenvalue weighted by Crippen LogP contribution is 2.47. The monoisotopic (exact) mass is 405 g/mol. The second-order valence-corrected chi connectivity index (χ2v) is 8.31. The summed E-state index contributed by atoms with van der Waals surface area (Å²) in [6, 6.07) is 14.3. The predicted octanol–water partition coefficient (Wildman–Crippen LogP) is 4.33. The summed E-state index contributed by atoms with van der Waals surface area (Å²) in [4.78, 5) is 4.55. The third-order valence-corrected chi connectivity index (χ3v) is 6.49. The Morgan fingerprint density at radius 1 is 1.34 bits per heavy atom. The first-order valence-electron chi connectivity index (χ1n) is 9.55. The first-order valence-corrected chi connectivity index (χ1v) is 10.6. The fourth-order valence-electron chi connectivity index (χ4n) is 3.64. The lowest BCUT2D eigenvalue weighted by molar-refractivity contribution is 0.368. The van der Waals surface area contributed by atoms with E-state index in [2.05, 4.69) is 30.2 Å². The number of aromatic nitrogens is 3. The van der Waals surface area contributed by atoms with Crippen LogP contribution in [0.1, 0.15) is 28.9 Å². The number of aryl methyl sites for hydroxylation is 2. The third kappa shape index (κ3) is 3.81. The molecule has 7 heteroatoms. The first-order chi connectivity index (χ1) is 14.1. The van der Waals surface area contributed by atoms with Crippen molar-refractivity contribution in [2.75, 3.05) is 17.7 Å². The van der Waals surface area contributed by atoms with Crippen molar-refractivity contribution in [1.82, 2.24) is 14.8 Å². The summed E-state index contributed by atoms with van der Waals surface area (Å²) in [5.41, 5.74) is 5.30. The topological polar surface area (TPSA) is 75.8 Å². The minimum absolute atomic E-state index is 0.0506. The van der Waals surface area contributed by atoms with Gasteiger partial charge >= 0.3 is 0 Å². The van der Waals surface area contributed by atoms with E-state index >= 15 is 0 Å². The van der Waals surface area contributed by atoms with Gasteiger partial charge in [-0.2, -0.15) is 10.4 Å². The molecule has 6 nitrogen and oxygen atoms in total. The zero-order chi connectivity index (χ0) is 20.4.